The Balaban J connectivity index is 0.00000182. The van der Waals surface area contributed by atoms with Crippen LogP contribution in [0.15, 0.2) is 0 Å². The molecule has 5 aliphatic rings. The number of carbonyl (C=O) groups is 1. The minimum atomic E-state index is -0.0437. The normalized spacial score (nSPS) is 42.9. The molecule has 144 valence electrons. The summed E-state index contributed by atoms with van der Waals surface area (Å²) in [7, 11) is 0. The average molecular weight is 370 g/mol. The lowest BCUT2D eigenvalue weighted by molar-refractivity contribution is -0.170. The summed E-state index contributed by atoms with van der Waals surface area (Å²) in [5, 5.41) is 6.73. The van der Waals surface area contributed by atoms with E-state index in [2.05, 4.69) is 29.4 Å². The van der Waals surface area contributed by atoms with Crippen molar-refractivity contribution in [3.8, 4) is 0 Å². The predicted octanol–water partition coefficient (Wildman–Crippen LogP) is 2.82. The fraction of sp³-hybridized carbons (Fsp3) is 0.950. The summed E-state index contributed by atoms with van der Waals surface area (Å²) in [6.07, 6.45) is 8.57. The molecule has 0 aromatic carbocycles. The summed E-state index contributed by atoms with van der Waals surface area (Å²) in [6.45, 7) is 11.4. The summed E-state index contributed by atoms with van der Waals surface area (Å²) in [5.41, 5.74) is 0.802. The van der Waals surface area contributed by atoms with Crippen LogP contribution in [0.3, 0.4) is 0 Å². The van der Waals surface area contributed by atoms with Crippen LogP contribution in [-0.4, -0.2) is 50.1 Å². The molecule has 0 radical (unpaired) electrons. The number of rotatable bonds is 5. The third kappa shape index (κ3) is 3.86. The number of nitrogens with one attached hydrogen (secondary N) is 2. The Kier molecular flexibility index (Phi) is 5.45. The number of hydrogen-bond donors (Lipinski definition) is 2. The van der Waals surface area contributed by atoms with Crippen molar-refractivity contribution in [3.05, 3.63) is 0 Å². The maximum absolute atomic E-state index is 13.1. The number of halogens is 1. The van der Waals surface area contributed by atoms with Gasteiger partial charge in [0.1, 0.15) is 0 Å². The molecule has 2 atom stereocenters. The Bertz CT molecular complexity index is 487. The van der Waals surface area contributed by atoms with Gasteiger partial charge in [0.2, 0.25) is 5.91 Å². The SMILES string of the molecule is CC12CC3CC(C)(C1)CC(C(=O)NCCCN1CCNCC1)(C3)C2.Cl. The van der Waals surface area contributed by atoms with Gasteiger partial charge in [-0.05, 0) is 68.2 Å². The van der Waals surface area contributed by atoms with E-state index in [9.17, 15) is 4.79 Å². The smallest absolute Gasteiger partial charge is 0.226 e. The van der Waals surface area contributed by atoms with Crippen LogP contribution in [0.25, 0.3) is 0 Å². The van der Waals surface area contributed by atoms with Crippen molar-refractivity contribution < 1.29 is 4.79 Å². The van der Waals surface area contributed by atoms with Gasteiger partial charge in [-0.2, -0.15) is 0 Å². The van der Waals surface area contributed by atoms with Gasteiger partial charge in [-0.3, -0.25) is 4.79 Å². The Morgan fingerprint density at radius 2 is 1.72 bits per heavy atom. The Hall–Kier alpha value is -0.320. The molecule has 4 bridgehead atoms. The molecular formula is C20H36ClN3O. The zero-order chi connectivity index (χ0) is 16.8. The van der Waals surface area contributed by atoms with Gasteiger partial charge < -0.3 is 15.5 Å². The molecule has 2 N–H and O–H groups in total. The molecule has 4 aliphatic carbocycles. The first kappa shape index (κ1) is 19.4. The molecule has 5 rings (SSSR count). The second-order valence-corrected chi connectivity index (χ2v) is 10.1. The molecule has 0 aromatic rings. The molecule has 1 heterocycles. The van der Waals surface area contributed by atoms with E-state index >= 15 is 0 Å². The van der Waals surface area contributed by atoms with Gasteiger partial charge in [-0.15, -0.1) is 12.4 Å². The molecule has 4 saturated carbocycles. The topological polar surface area (TPSA) is 44.4 Å². The highest BCUT2D eigenvalue weighted by Gasteiger charge is 2.62. The molecule has 1 saturated heterocycles. The van der Waals surface area contributed by atoms with Gasteiger partial charge in [0.15, 0.2) is 0 Å². The lowest BCUT2D eigenvalue weighted by atomic mass is 9.40. The van der Waals surface area contributed by atoms with Crippen molar-refractivity contribution >= 4 is 18.3 Å². The van der Waals surface area contributed by atoms with Crippen LogP contribution < -0.4 is 10.6 Å². The maximum Gasteiger partial charge on any atom is 0.226 e. The van der Waals surface area contributed by atoms with E-state index in [-0.39, 0.29) is 17.8 Å². The van der Waals surface area contributed by atoms with E-state index in [1.54, 1.807) is 0 Å². The van der Waals surface area contributed by atoms with Crippen LogP contribution in [0.2, 0.25) is 0 Å². The molecule has 1 amide bonds. The number of nitrogens with zero attached hydrogens (tertiary/aromatic N) is 1. The lowest BCUT2D eigenvalue weighted by Crippen LogP contribution is -2.60. The number of amides is 1. The molecule has 0 spiro atoms. The fourth-order valence-electron chi connectivity index (χ4n) is 7.33. The molecule has 5 fully saturated rings. The second kappa shape index (κ2) is 7.01. The molecule has 0 aromatic heterocycles. The predicted molar refractivity (Wildman–Crippen MR) is 104 cm³/mol. The number of piperazine rings is 1. The van der Waals surface area contributed by atoms with Crippen LogP contribution in [0, 0.1) is 22.2 Å². The highest BCUT2D eigenvalue weighted by atomic mass is 35.5. The summed E-state index contributed by atoms with van der Waals surface area (Å²) < 4.78 is 0. The van der Waals surface area contributed by atoms with Crippen molar-refractivity contribution in [2.24, 2.45) is 22.2 Å². The number of carbonyl (C=O) groups excluding carboxylic acids is 1. The first-order valence-electron chi connectivity index (χ1n) is 10.1. The molecule has 1 aliphatic heterocycles. The van der Waals surface area contributed by atoms with E-state index in [1.807, 2.05) is 0 Å². The summed E-state index contributed by atoms with van der Waals surface area (Å²) in [5.74, 6) is 1.17. The van der Waals surface area contributed by atoms with Gasteiger partial charge in [0.25, 0.3) is 0 Å². The maximum atomic E-state index is 13.1. The monoisotopic (exact) mass is 369 g/mol. The minimum Gasteiger partial charge on any atom is -0.356 e. The highest BCUT2D eigenvalue weighted by Crippen LogP contribution is 2.69. The van der Waals surface area contributed by atoms with Crippen LogP contribution in [0.1, 0.15) is 58.8 Å². The van der Waals surface area contributed by atoms with E-state index < -0.39 is 0 Å². The minimum absolute atomic E-state index is 0. The summed E-state index contributed by atoms with van der Waals surface area (Å²) >= 11 is 0. The molecule has 2 unspecified atom stereocenters. The lowest BCUT2D eigenvalue weighted by Gasteiger charge is -2.64. The highest BCUT2D eigenvalue weighted by molar-refractivity contribution is 5.85. The van der Waals surface area contributed by atoms with Crippen molar-refractivity contribution in [1.82, 2.24) is 15.5 Å². The van der Waals surface area contributed by atoms with E-state index in [0.717, 1.165) is 70.9 Å². The van der Waals surface area contributed by atoms with Crippen molar-refractivity contribution in [1.29, 1.82) is 0 Å². The fourth-order valence-corrected chi connectivity index (χ4v) is 7.33. The van der Waals surface area contributed by atoms with Gasteiger partial charge in [-0.25, -0.2) is 0 Å². The van der Waals surface area contributed by atoms with Gasteiger partial charge in [0.05, 0.1) is 5.41 Å². The van der Waals surface area contributed by atoms with E-state index in [1.165, 1.54) is 19.3 Å². The third-order valence-electron chi connectivity index (χ3n) is 7.25. The quantitative estimate of drug-likeness (QED) is 0.732. The Labute approximate surface area is 159 Å². The zero-order valence-electron chi connectivity index (χ0n) is 16.0. The van der Waals surface area contributed by atoms with Crippen LogP contribution >= 0.6 is 12.4 Å². The average Bonchev–Trinajstić information content (AvgIpc) is 2.49. The summed E-state index contributed by atoms with van der Waals surface area (Å²) in [6, 6.07) is 0. The largest absolute Gasteiger partial charge is 0.356 e. The van der Waals surface area contributed by atoms with Gasteiger partial charge >= 0.3 is 0 Å². The van der Waals surface area contributed by atoms with Gasteiger partial charge in [0, 0.05) is 32.7 Å². The van der Waals surface area contributed by atoms with Crippen LogP contribution in [-0.2, 0) is 4.79 Å². The van der Waals surface area contributed by atoms with Crippen LogP contribution in [0.5, 0.6) is 0 Å². The zero-order valence-corrected chi connectivity index (χ0v) is 16.8. The van der Waals surface area contributed by atoms with Gasteiger partial charge in [-0.1, -0.05) is 13.8 Å². The first-order chi connectivity index (χ1) is 11.4. The number of hydrogen-bond acceptors (Lipinski definition) is 3. The first-order valence-corrected chi connectivity index (χ1v) is 10.1. The summed E-state index contributed by atoms with van der Waals surface area (Å²) in [4.78, 5) is 15.6. The third-order valence-corrected chi connectivity index (χ3v) is 7.25. The van der Waals surface area contributed by atoms with Crippen molar-refractivity contribution in [3.63, 3.8) is 0 Å². The van der Waals surface area contributed by atoms with E-state index in [4.69, 9.17) is 0 Å². The standard InChI is InChI=1S/C20H35N3O.ClH/c1-18-10-16-11-19(2,13-18)15-20(12-16,14-18)17(24)22-4-3-7-23-8-5-21-6-9-23;/h16,21H,3-15H2,1-2H3,(H,22,24);1H. The van der Waals surface area contributed by atoms with Crippen molar-refractivity contribution in [2.45, 2.75) is 58.8 Å². The van der Waals surface area contributed by atoms with Crippen LogP contribution in [0.4, 0.5) is 0 Å². The molecule has 25 heavy (non-hydrogen) atoms. The molecular weight excluding hydrogens is 334 g/mol. The Morgan fingerprint density at radius 1 is 1.08 bits per heavy atom. The van der Waals surface area contributed by atoms with Crippen molar-refractivity contribution in [2.75, 3.05) is 39.3 Å². The van der Waals surface area contributed by atoms with E-state index in [0.29, 0.717) is 16.7 Å². The molecule has 4 nitrogen and oxygen atoms in total. The Morgan fingerprint density at radius 3 is 2.32 bits per heavy atom. The second-order valence-electron chi connectivity index (χ2n) is 10.1. The molecule has 5 heteroatoms.